The number of hydrogen-bond donors (Lipinski definition) is 1. The van der Waals surface area contributed by atoms with Crippen LogP contribution in [0.3, 0.4) is 0 Å². The Hall–Kier alpha value is -2.50. The number of nitrogens with one attached hydrogen (secondary N) is 1. The molecule has 6 heteroatoms. The summed E-state index contributed by atoms with van der Waals surface area (Å²) in [5.74, 6) is -2.74. The van der Waals surface area contributed by atoms with Crippen molar-refractivity contribution in [3.05, 3.63) is 53.4 Å². The quantitative estimate of drug-likeness (QED) is 0.674. The first kappa shape index (κ1) is 16.9. The Balaban J connectivity index is 2.35. The van der Waals surface area contributed by atoms with Crippen molar-refractivity contribution in [1.82, 2.24) is 4.98 Å². The molecule has 0 atom stereocenters. The Morgan fingerprint density at radius 1 is 1.22 bits per heavy atom. The lowest BCUT2D eigenvalue weighted by Gasteiger charge is -2.21. The molecule has 4 nitrogen and oxygen atoms in total. The molecule has 2 aromatic rings. The van der Waals surface area contributed by atoms with Gasteiger partial charge in [0, 0.05) is 6.07 Å². The van der Waals surface area contributed by atoms with E-state index < -0.39 is 23.3 Å². The monoisotopic (exact) mass is 320 g/mol. The first-order valence-electron chi connectivity index (χ1n) is 7.08. The number of carbonyl (C=O) groups excluding carboxylic acids is 1. The molecule has 1 aromatic carbocycles. The Labute approximate surface area is 133 Å². The molecule has 1 N–H and O–H groups in total. The van der Waals surface area contributed by atoms with E-state index >= 15 is 0 Å². The van der Waals surface area contributed by atoms with Gasteiger partial charge in [0.25, 0.3) is 0 Å². The van der Waals surface area contributed by atoms with Crippen LogP contribution in [0.1, 0.15) is 36.7 Å². The van der Waals surface area contributed by atoms with Crippen LogP contribution in [-0.2, 0) is 4.74 Å². The highest BCUT2D eigenvalue weighted by atomic mass is 19.2. The van der Waals surface area contributed by atoms with Crippen LogP contribution in [0.2, 0.25) is 0 Å². The number of pyridine rings is 1. The van der Waals surface area contributed by atoms with Crippen molar-refractivity contribution >= 4 is 17.3 Å². The second-order valence-corrected chi connectivity index (χ2v) is 6.17. The number of halogens is 2. The van der Waals surface area contributed by atoms with Crippen molar-refractivity contribution in [3.8, 4) is 0 Å². The fourth-order valence-electron chi connectivity index (χ4n) is 1.91. The molecular weight excluding hydrogens is 302 g/mol. The van der Waals surface area contributed by atoms with Gasteiger partial charge in [0.1, 0.15) is 5.60 Å². The minimum absolute atomic E-state index is 0.234. The van der Waals surface area contributed by atoms with Gasteiger partial charge in [0.15, 0.2) is 5.82 Å². The van der Waals surface area contributed by atoms with Gasteiger partial charge in [-0.3, -0.25) is 0 Å². The fraction of sp³-hybridized carbons (Fsp3) is 0.294. The maximum atomic E-state index is 13.3. The van der Waals surface area contributed by atoms with Gasteiger partial charge in [0.2, 0.25) is 5.95 Å². The average molecular weight is 320 g/mol. The second kappa shape index (κ2) is 6.32. The third-order valence-corrected chi connectivity index (χ3v) is 2.87. The van der Waals surface area contributed by atoms with Crippen LogP contribution in [0.15, 0.2) is 30.5 Å². The Bertz CT molecular complexity index is 740. The van der Waals surface area contributed by atoms with E-state index in [2.05, 4.69) is 10.3 Å². The molecule has 0 unspecified atom stereocenters. The maximum absolute atomic E-state index is 13.3. The first-order valence-corrected chi connectivity index (χ1v) is 7.08. The van der Waals surface area contributed by atoms with Gasteiger partial charge in [-0.1, -0.05) is 11.6 Å². The van der Waals surface area contributed by atoms with E-state index in [1.165, 1.54) is 0 Å². The summed E-state index contributed by atoms with van der Waals surface area (Å²) in [4.78, 5) is 15.6. The van der Waals surface area contributed by atoms with Crippen LogP contribution in [0.4, 0.5) is 20.2 Å². The number of aryl methyl sites for hydroxylation is 1. The molecule has 1 heterocycles. The van der Waals surface area contributed by atoms with E-state index in [0.717, 1.165) is 17.8 Å². The zero-order valence-corrected chi connectivity index (χ0v) is 13.4. The summed E-state index contributed by atoms with van der Waals surface area (Å²) in [6.45, 7) is 7.16. The molecule has 0 aliphatic heterocycles. The van der Waals surface area contributed by atoms with Crippen molar-refractivity contribution in [1.29, 1.82) is 0 Å². The van der Waals surface area contributed by atoms with Gasteiger partial charge in [-0.15, -0.1) is 0 Å². The molecule has 0 radical (unpaired) electrons. The van der Waals surface area contributed by atoms with Crippen LogP contribution < -0.4 is 5.32 Å². The van der Waals surface area contributed by atoms with Gasteiger partial charge in [-0.2, -0.15) is 4.39 Å². The predicted octanol–water partition coefficient (Wildman–Crippen LogP) is 4.37. The van der Waals surface area contributed by atoms with Crippen molar-refractivity contribution in [3.63, 3.8) is 0 Å². The molecule has 1 aromatic heterocycles. The van der Waals surface area contributed by atoms with E-state index in [-0.39, 0.29) is 5.69 Å². The molecule has 0 spiro atoms. The highest BCUT2D eigenvalue weighted by Crippen LogP contribution is 2.25. The van der Waals surface area contributed by atoms with E-state index in [4.69, 9.17) is 4.74 Å². The standard InChI is InChI=1S/C17H18F2N2O2/c1-10-5-6-14(12(7-10)16(22)23-17(2,3)4)21-11-8-13(18)15(19)20-9-11/h5-9,21H,1-4H3. The lowest BCUT2D eigenvalue weighted by atomic mass is 10.1. The zero-order chi connectivity index (χ0) is 17.2. The SMILES string of the molecule is Cc1ccc(Nc2cnc(F)c(F)c2)c(C(=O)OC(C)(C)C)c1. The summed E-state index contributed by atoms with van der Waals surface area (Å²) in [6, 6.07) is 6.12. The van der Waals surface area contributed by atoms with Crippen molar-refractivity contribution in [2.75, 3.05) is 5.32 Å². The highest BCUT2D eigenvalue weighted by Gasteiger charge is 2.21. The number of carbonyl (C=O) groups is 1. The Morgan fingerprint density at radius 2 is 1.91 bits per heavy atom. The molecule has 0 bridgehead atoms. The summed E-state index contributed by atoms with van der Waals surface area (Å²) in [6.07, 6.45) is 1.15. The molecule has 122 valence electrons. The normalized spacial score (nSPS) is 11.2. The van der Waals surface area contributed by atoms with Crippen LogP contribution in [0.25, 0.3) is 0 Å². The van der Waals surface area contributed by atoms with E-state index in [0.29, 0.717) is 11.3 Å². The smallest absolute Gasteiger partial charge is 0.340 e. The number of aromatic nitrogens is 1. The average Bonchev–Trinajstić information content (AvgIpc) is 2.43. The zero-order valence-electron chi connectivity index (χ0n) is 13.4. The second-order valence-electron chi connectivity index (χ2n) is 6.17. The summed E-state index contributed by atoms with van der Waals surface area (Å²) in [7, 11) is 0. The molecule has 0 saturated heterocycles. The van der Waals surface area contributed by atoms with Gasteiger partial charge in [-0.25, -0.2) is 14.2 Å². The molecule has 0 aliphatic carbocycles. The lowest BCUT2D eigenvalue weighted by molar-refractivity contribution is 0.00706. The van der Waals surface area contributed by atoms with Crippen molar-refractivity contribution in [2.45, 2.75) is 33.3 Å². The molecule has 2 rings (SSSR count). The van der Waals surface area contributed by atoms with Gasteiger partial charge >= 0.3 is 5.97 Å². The molecule has 0 aliphatic rings. The van der Waals surface area contributed by atoms with E-state index in [1.807, 2.05) is 6.92 Å². The fourth-order valence-corrected chi connectivity index (χ4v) is 1.91. The third kappa shape index (κ3) is 4.48. The van der Waals surface area contributed by atoms with Crippen LogP contribution in [-0.4, -0.2) is 16.6 Å². The third-order valence-electron chi connectivity index (χ3n) is 2.87. The summed E-state index contributed by atoms with van der Waals surface area (Å²) in [5.41, 5.74) is 1.21. The number of rotatable bonds is 3. The van der Waals surface area contributed by atoms with Crippen LogP contribution in [0.5, 0.6) is 0 Å². The lowest BCUT2D eigenvalue weighted by Crippen LogP contribution is -2.24. The molecular formula is C17H18F2N2O2. The minimum Gasteiger partial charge on any atom is -0.456 e. The number of ether oxygens (including phenoxy) is 1. The number of nitrogens with zero attached hydrogens (tertiary/aromatic N) is 1. The van der Waals surface area contributed by atoms with E-state index in [1.54, 1.807) is 39.0 Å². The topological polar surface area (TPSA) is 51.2 Å². The van der Waals surface area contributed by atoms with Crippen molar-refractivity contribution < 1.29 is 18.3 Å². The van der Waals surface area contributed by atoms with Crippen molar-refractivity contribution in [2.24, 2.45) is 0 Å². The largest absolute Gasteiger partial charge is 0.456 e. The summed E-state index contributed by atoms with van der Waals surface area (Å²) < 4.78 is 31.5. The van der Waals surface area contributed by atoms with Gasteiger partial charge in [0.05, 0.1) is 23.1 Å². The molecule has 0 saturated carbocycles. The first-order chi connectivity index (χ1) is 10.7. The van der Waals surface area contributed by atoms with E-state index in [9.17, 15) is 13.6 Å². The highest BCUT2D eigenvalue weighted by molar-refractivity contribution is 5.97. The maximum Gasteiger partial charge on any atom is 0.340 e. The van der Waals surface area contributed by atoms with Gasteiger partial charge in [-0.05, 0) is 39.8 Å². The summed E-state index contributed by atoms with van der Waals surface area (Å²) >= 11 is 0. The van der Waals surface area contributed by atoms with Crippen LogP contribution in [0, 0.1) is 18.7 Å². The Kier molecular flexibility index (Phi) is 4.63. The molecule has 0 amide bonds. The van der Waals surface area contributed by atoms with Crippen LogP contribution >= 0.6 is 0 Å². The Morgan fingerprint density at radius 3 is 2.52 bits per heavy atom. The number of hydrogen-bond acceptors (Lipinski definition) is 4. The number of anilines is 2. The molecule has 0 fully saturated rings. The molecule has 23 heavy (non-hydrogen) atoms. The van der Waals surface area contributed by atoms with Gasteiger partial charge < -0.3 is 10.1 Å². The predicted molar refractivity (Wildman–Crippen MR) is 83.8 cm³/mol. The minimum atomic E-state index is -1.17. The summed E-state index contributed by atoms with van der Waals surface area (Å²) in [5, 5.41) is 2.86. The number of benzene rings is 1. The number of esters is 1.